The molecule has 1 unspecified atom stereocenters. The van der Waals surface area contributed by atoms with E-state index in [1.54, 1.807) is 31.2 Å². The number of benzene rings is 1. The average Bonchev–Trinajstić information content (AvgIpc) is 2.60. The minimum absolute atomic E-state index is 0.153. The highest BCUT2D eigenvalue weighted by molar-refractivity contribution is 8.00. The van der Waals surface area contributed by atoms with Crippen molar-refractivity contribution >= 4 is 35.0 Å². The number of carbonyl (C=O) groups is 2. The number of aromatic amines is 1. The molecule has 0 radical (unpaired) electrons. The lowest BCUT2D eigenvalue weighted by Crippen LogP contribution is -2.23. The molecule has 0 bridgehead atoms. The summed E-state index contributed by atoms with van der Waals surface area (Å²) in [5.74, 6) is -0.353. The predicted molar refractivity (Wildman–Crippen MR) is 108 cm³/mol. The van der Waals surface area contributed by atoms with Crippen molar-refractivity contribution in [2.24, 2.45) is 0 Å². The Hall–Kier alpha value is -2.61. The average molecular weight is 388 g/mol. The third kappa shape index (κ3) is 6.90. The van der Waals surface area contributed by atoms with Gasteiger partial charge < -0.3 is 15.6 Å². The predicted octanol–water partition coefficient (Wildman–Crippen LogP) is 3.19. The first-order valence-electron chi connectivity index (χ1n) is 8.82. The number of carbonyl (C=O) groups excluding carboxylic acids is 2. The fourth-order valence-corrected chi connectivity index (χ4v) is 3.16. The number of anilines is 2. The maximum Gasteiger partial charge on any atom is 0.251 e. The van der Waals surface area contributed by atoms with Crippen molar-refractivity contribution in [3.05, 3.63) is 46.4 Å². The van der Waals surface area contributed by atoms with Crippen LogP contribution in [0, 0.1) is 0 Å². The molecule has 3 N–H and O–H groups in total. The van der Waals surface area contributed by atoms with Crippen LogP contribution in [-0.4, -0.2) is 27.0 Å². The SMILES string of the molecule is CCCCc1cc(=O)[nH]c(SC(C)C(=O)Nc2ccc(NC(C)=O)cc2)n1. The Bertz CT molecular complexity index is 849. The zero-order valence-electron chi connectivity index (χ0n) is 15.7. The monoisotopic (exact) mass is 388 g/mol. The zero-order valence-corrected chi connectivity index (χ0v) is 16.5. The van der Waals surface area contributed by atoms with Gasteiger partial charge in [0.2, 0.25) is 11.8 Å². The molecule has 0 aliphatic rings. The number of aryl methyl sites for hydroxylation is 1. The standard InChI is InChI=1S/C19H24N4O3S/c1-4-5-6-16-11-17(25)23-19(22-16)27-12(2)18(26)21-15-9-7-14(8-10-15)20-13(3)24/h7-12H,4-6H2,1-3H3,(H,20,24)(H,21,26)(H,22,23,25). The first-order valence-corrected chi connectivity index (χ1v) is 9.70. The molecule has 8 heteroatoms. The molecule has 1 aromatic carbocycles. The van der Waals surface area contributed by atoms with E-state index >= 15 is 0 Å². The summed E-state index contributed by atoms with van der Waals surface area (Å²) in [4.78, 5) is 42.3. The number of amides is 2. The van der Waals surface area contributed by atoms with Crippen molar-refractivity contribution in [2.45, 2.75) is 50.4 Å². The van der Waals surface area contributed by atoms with Crippen molar-refractivity contribution in [1.29, 1.82) is 0 Å². The topological polar surface area (TPSA) is 104 Å². The molecule has 27 heavy (non-hydrogen) atoms. The van der Waals surface area contributed by atoms with E-state index in [-0.39, 0.29) is 17.4 Å². The Morgan fingerprint density at radius 3 is 2.41 bits per heavy atom. The van der Waals surface area contributed by atoms with Crippen LogP contribution in [0.5, 0.6) is 0 Å². The molecule has 0 spiro atoms. The summed E-state index contributed by atoms with van der Waals surface area (Å²) in [5, 5.41) is 5.48. The smallest absolute Gasteiger partial charge is 0.251 e. The van der Waals surface area contributed by atoms with Crippen molar-refractivity contribution in [3.63, 3.8) is 0 Å². The summed E-state index contributed by atoms with van der Waals surface area (Å²) in [7, 11) is 0. The fraction of sp³-hybridized carbons (Fsp3) is 0.368. The molecule has 144 valence electrons. The number of aromatic nitrogens is 2. The number of rotatable bonds is 8. The van der Waals surface area contributed by atoms with Gasteiger partial charge in [-0.15, -0.1) is 0 Å². The lowest BCUT2D eigenvalue weighted by molar-refractivity contribution is -0.115. The Balaban J connectivity index is 1.98. The highest BCUT2D eigenvalue weighted by atomic mass is 32.2. The van der Waals surface area contributed by atoms with Gasteiger partial charge in [0.25, 0.3) is 5.56 Å². The van der Waals surface area contributed by atoms with E-state index in [2.05, 4.69) is 27.5 Å². The number of hydrogen-bond acceptors (Lipinski definition) is 5. The quantitative estimate of drug-likeness (QED) is 0.476. The molecular formula is C19H24N4O3S. The molecule has 0 saturated heterocycles. The maximum absolute atomic E-state index is 12.4. The summed E-state index contributed by atoms with van der Waals surface area (Å²) in [6.07, 6.45) is 2.73. The van der Waals surface area contributed by atoms with Crippen LogP contribution < -0.4 is 16.2 Å². The van der Waals surface area contributed by atoms with Gasteiger partial charge in [-0.2, -0.15) is 0 Å². The highest BCUT2D eigenvalue weighted by Gasteiger charge is 2.16. The number of hydrogen-bond donors (Lipinski definition) is 3. The van der Waals surface area contributed by atoms with Crippen LogP contribution in [0.1, 0.15) is 39.3 Å². The molecule has 2 aromatic rings. The van der Waals surface area contributed by atoms with Crippen molar-refractivity contribution < 1.29 is 9.59 Å². The van der Waals surface area contributed by atoms with Crippen molar-refractivity contribution in [2.75, 3.05) is 10.6 Å². The number of thioether (sulfide) groups is 1. The Morgan fingerprint density at radius 2 is 1.81 bits per heavy atom. The second-order valence-electron chi connectivity index (χ2n) is 6.15. The second-order valence-corrected chi connectivity index (χ2v) is 7.48. The summed E-state index contributed by atoms with van der Waals surface area (Å²) >= 11 is 1.21. The van der Waals surface area contributed by atoms with E-state index in [0.717, 1.165) is 25.0 Å². The largest absolute Gasteiger partial charge is 0.326 e. The Labute approximate surface area is 162 Å². The van der Waals surface area contributed by atoms with Crippen molar-refractivity contribution in [1.82, 2.24) is 9.97 Å². The van der Waals surface area contributed by atoms with E-state index < -0.39 is 5.25 Å². The van der Waals surface area contributed by atoms with Gasteiger partial charge in [0.15, 0.2) is 5.16 Å². The van der Waals surface area contributed by atoms with Gasteiger partial charge in [-0.1, -0.05) is 25.1 Å². The van der Waals surface area contributed by atoms with Gasteiger partial charge in [-0.3, -0.25) is 14.4 Å². The van der Waals surface area contributed by atoms with Crippen molar-refractivity contribution in [3.8, 4) is 0 Å². The number of unbranched alkanes of at least 4 members (excludes halogenated alkanes) is 1. The molecule has 1 atom stereocenters. The van der Waals surface area contributed by atoms with Gasteiger partial charge in [0, 0.05) is 30.1 Å². The summed E-state index contributed by atoms with van der Waals surface area (Å²) in [6, 6.07) is 8.36. The van der Waals surface area contributed by atoms with Gasteiger partial charge in [0.05, 0.1) is 5.25 Å². The minimum atomic E-state index is -0.440. The molecule has 2 amide bonds. The molecule has 2 rings (SSSR count). The van der Waals surface area contributed by atoms with E-state index in [9.17, 15) is 14.4 Å². The molecule has 0 aliphatic heterocycles. The van der Waals surface area contributed by atoms with Crippen LogP contribution in [0.4, 0.5) is 11.4 Å². The van der Waals surface area contributed by atoms with E-state index in [0.29, 0.717) is 16.5 Å². The fourth-order valence-electron chi connectivity index (χ4n) is 2.33. The van der Waals surface area contributed by atoms with Gasteiger partial charge in [-0.25, -0.2) is 4.98 Å². The Kier molecular flexibility index (Phi) is 7.60. The lowest BCUT2D eigenvalue weighted by atomic mass is 10.2. The molecule has 1 heterocycles. The molecule has 0 aliphatic carbocycles. The van der Waals surface area contributed by atoms with E-state index in [1.165, 1.54) is 24.8 Å². The van der Waals surface area contributed by atoms with Gasteiger partial charge in [-0.05, 0) is 44.0 Å². The summed E-state index contributed by atoms with van der Waals surface area (Å²) in [6.45, 7) is 5.27. The molecule has 1 aromatic heterocycles. The number of H-pyrrole nitrogens is 1. The highest BCUT2D eigenvalue weighted by Crippen LogP contribution is 2.21. The third-order valence-electron chi connectivity index (χ3n) is 3.69. The van der Waals surface area contributed by atoms with Gasteiger partial charge in [0.1, 0.15) is 0 Å². The number of nitrogens with one attached hydrogen (secondary N) is 3. The van der Waals surface area contributed by atoms with Crippen LogP contribution in [0.3, 0.4) is 0 Å². The number of nitrogens with zero attached hydrogens (tertiary/aromatic N) is 1. The summed E-state index contributed by atoms with van der Waals surface area (Å²) in [5.41, 5.74) is 1.82. The van der Waals surface area contributed by atoms with Crippen LogP contribution >= 0.6 is 11.8 Å². The van der Waals surface area contributed by atoms with E-state index in [1.807, 2.05) is 0 Å². The Morgan fingerprint density at radius 1 is 1.19 bits per heavy atom. The molecule has 7 nitrogen and oxygen atoms in total. The molecule has 0 saturated carbocycles. The molecular weight excluding hydrogens is 364 g/mol. The second kappa shape index (κ2) is 9.91. The first-order chi connectivity index (χ1) is 12.9. The minimum Gasteiger partial charge on any atom is -0.326 e. The normalized spacial score (nSPS) is 11.7. The van der Waals surface area contributed by atoms with E-state index in [4.69, 9.17) is 0 Å². The lowest BCUT2D eigenvalue weighted by Gasteiger charge is -2.12. The molecule has 0 fully saturated rings. The maximum atomic E-state index is 12.4. The van der Waals surface area contributed by atoms with Crippen LogP contribution in [0.15, 0.2) is 40.3 Å². The third-order valence-corrected chi connectivity index (χ3v) is 4.67. The van der Waals surface area contributed by atoms with Crippen LogP contribution in [0.25, 0.3) is 0 Å². The van der Waals surface area contributed by atoms with Crippen LogP contribution in [-0.2, 0) is 16.0 Å². The van der Waals surface area contributed by atoms with Crippen LogP contribution in [0.2, 0.25) is 0 Å². The van der Waals surface area contributed by atoms with Gasteiger partial charge >= 0.3 is 0 Å². The zero-order chi connectivity index (χ0) is 19.8. The summed E-state index contributed by atoms with van der Waals surface area (Å²) < 4.78 is 0. The first kappa shape index (κ1) is 20.7.